The summed E-state index contributed by atoms with van der Waals surface area (Å²) in [4.78, 5) is 28.6. The van der Waals surface area contributed by atoms with Crippen molar-refractivity contribution in [3.63, 3.8) is 0 Å². The van der Waals surface area contributed by atoms with Crippen LogP contribution < -0.4 is 0 Å². The third-order valence-corrected chi connectivity index (χ3v) is 4.61. The summed E-state index contributed by atoms with van der Waals surface area (Å²) < 4.78 is 5.11. The van der Waals surface area contributed by atoms with Crippen molar-refractivity contribution in [2.24, 2.45) is 5.41 Å². The molecular weight excluding hydrogens is 306 g/mol. The van der Waals surface area contributed by atoms with Crippen LogP contribution in [0.3, 0.4) is 0 Å². The highest BCUT2D eigenvalue weighted by atomic mass is 32.1. The Labute approximate surface area is 135 Å². The summed E-state index contributed by atoms with van der Waals surface area (Å²) >= 11 is 5.50. The summed E-state index contributed by atoms with van der Waals surface area (Å²) in [6.07, 6.45) is -0.893. The molecule has 22 heavy (non-hydrogen) atoms. The van der Waals surface area contributed by atoms with Crippen LogP contribution in [0, 0.1) is 5.41 Å². The van der Waals surface area contributed by atoms with E-state index in [1.165, 1.54) is 4.90 Å². The summed E-state index contributed by atoms with van der Waals surface area (Å²) in [5.74, 6) is -0.241. The van der Waals surface area contributed by atoms with Crippen LogP contribution in [0.5, 0.6) is 0 Å². The highest BCUT2D eigenvalue weighted by Crippen LogP contribution is 2.26. The lowest BCUT2D eigenvalue weighted by atomic mass is 9.93. The molecule has 1 N–H and O–H groups in total. The second kappa shape index (κ2) is 6.28. The molecule has 0 aromatic heterocycles. The molecule has 0 spiro atoms. The zero-order chi connectivity index (χ0) is 16.5. The molecule has 124 valence electrons. The number of carbonyl (C=O) groups is 2. The number of amides is 1. The maximum Gasteiger partial charge on any atom is 0.407 e. The zero-order valence-corrected chi connectivity index (χ0v) is 14.1. The van der Waals surface area contributed by atoms with E-state index < -0.39 is 11.5 Å². The Morgan fingerprint density at radius 3 is 2.64 bits per heavy atom. The first-order valence-corrected chi connectivity index (χ1v) is 7.87. The number of ether oxygens (including phenoxy) is 1. The quantitative estimate of drug-likeness (QED) is 0.605. The van der Waals surface area contributed by atoms with E-state index in [0.29, 0.717) is 44.4 Å². The molecule has 0 aromatic rings. The van der Waals surface area contributed by atoms with Crippen molar-refractivity contribution >= 4 is 29.4 Å². The van der Waals surface area contributed by atoms with Gasteiger partial charge < -0.3 is 24.5 Å². The molecule has 2 saturated heterocycles. The second-order valence-electron chi connectivity index (χ2n) is 6.34. The van der Waals surface area contributed by atoms with Crippen LogP contribution in [0.15, 0.2) is 0 Å². The predicted octanol–water partition coefficient (Wildman–Crippen LogP) is 0.840. The average Bonchev–Trinajstić information content (AvgIpc) is 2.74. The Morgan fingerprint density at radius 2 is 2.05 bits per heavy atom. The van der Waals surface area contributed by atoms with E-state index in [1.807, 2.05) is 18.7 Å². The standard InChI is InChI=1S/C14H23N3O4S/c1-4-21-11(18)14(2,3)9-16-8-10-7-15(13(19)20)5-6-17(10)12(16)22/h10H,4-9H2,1-3H3,(H,19,20). The normalized spacial score (nSPS) is 21.9. The van der Waals surface area contributed by atoms with Crippen LogP contribution in [-0.2, 0) is 9.53 Å². The lowest BCUT2D eigenvalue weighted by Crippen LogP contribution is -2.53. The van der Waals surface area contributed by atoms with Crippen molar-refractivity contribution < 1.29 is 19.4 Å². The van der Waals surface area contributed by atoms with Gasteiger partial charge in [-0.3, -0.25) is 4.79 Å². The first kappa shape index (κ1) is 16.8. The van der Waals surface area contributed by atoms with Crippen LogP contribution in [0.2, 0.25) is 0 Å². The fourth-order valence-electron chi connectivity index (χ4n) is 2.95. The van der Waals surface area contributed by atoms with Crippen LogP contribution in [0.25, 0.3) is 0 Å². The summed E-state index contributed by atoms with van der Waals surface area (Å²) in [5, 5.41) is 9.81. The highest BCUT2D eigenvalue weighted by Gasteiger charge is 2.42. The van der Waals surface area contributed by atoms with Crippen molar-refractivity contribution in [1.29, 1.82) is 0 Å². The molecule has 0 saturated carbocycles. The lowest BCUT2D eigenvalue weighted by Gasteiger charge is -2.35. The van der Waals surface area contributed by atoms with Gasteiger partial charge in [0.25, 0.3) is 0 Å². The number of rotatable bonds is 4. The molecule has 2 heterocycles. The Balaban J connectivity index is 2.01. The van der Waals surface area contributed by atoms with E-state index in [-0.39, 0.29) is 12.0 Å². The van der Waals surface area contributed by atoms with Gasteiger partial charge in [0.15, 0.2) is 5.11 Å². The summed E-state index contributed by atoms with van der Waals surface area (Å²) in [6.45, 7) is 8.46. The van der Waals surface area contributed by atoms with E-state index in [2.05, 4.69) is 4.90 Å². The number of piperazine rings is 1. The Hall–Kier alpha value is -1.57. The minimum atomic E-state index is -0.893. The second-order valence-corrected chi connectivity index (χ2v) is 6.71. The fraction of sp³-hybridized carbons (Fsp3) is 0.786. The van der Waals surface area contributed by atoms with Gasteiger partial charge in [-0.2, -0.15) is 0 Å². The topological polar surface area (TPSA) is 73.3 Å². The van der Waals surface area contributed by atoms with Gasteiger partial charge in [-0.25, -0.2) is 4.79 Å². The van der Waals surface area contributed by atoms with Crippen LogP contribution in [0.1, 0.15) is 20.8 Å². The van der Waals surface area contributed by atoms with Crippen molar-refractivity contribution in [2.75, 3.05) is 39.3 Å². The predicted molar refractivity (Wildman–Crippen MR) is 84.7 cm³/mol. The summed E-state index contributed by atoms with van der Waals surface area (Å²) in [7, 11) is 0. The smallest absolute Gasteiger partial charge is 0.407 e. The molecular formula is C14H23N3O4S. The van der Waals surface area contributed by atoms with Gasteiger partial charge in [-0.05, 0) is 33.0 Å². The molecule has 0 aliphatic carbocycles. The molecule has 7 nitrogen and oxygen atoms in total. The molecule has 2 aliphatic rings. The number of carboxylic acid groups (broad SMARTS) is 1. The lowest BCUT2D eigenvalue weighted by molar-refractivity contribution is -0.153. The molecule has 8 heteroatoms. The SMILES string of the molecule is CCOC(=O)C(C)(C)CN1CC2CN(C(=O)O)CCN2C1=S. The number of carbonyl (C=O) groups excluding carboxylic acids is 1. The first-order valence-electron chi connectivity index (χ1n) is 7.47. The third kappa shape index (κ3) is 3.26. The Bertz CT molecular complexity index is 483. The van der Waals surface area contributed by atoms with Gasteiger partial charge in [0.2, 0.25) is 0 Å². The van der Waals surface area contributed by atoms with E-state index in [9.17, 15) is 9.59 Å². The maximum absolute atomic E-state index is 12.0. The van der Waals surface area contributed by atoms with Gasteiger partial charge in [0.05, 0.1) is 18.1 Å². The molecule has 2 rings (SSSR count). The van der Waals surface area contributed by atoms with Crippen LogP contribution in [0.4, 0.5) is 4.79 Å². The van der Waals surface area contributed by atoms with Crippen molar-refractivity contribution in [1.82, 2.24) is 14.7 Å². The molecule has 1 unspecified atom stereocenters. The minimum absolute atomic E-state index is 0.0651. The molecule has 2 fully saturated rings. The number of nitrogens with zero attached hydrogens (tertiary/aromatic N) is 3. The Morgan fingerprint density at radius 1 is 1.36 bits per heavy atom. The van der Waals surface area contributed by atoms with Gasteiger partial charge >= 0.3 is 12.1 Å². The van der Waals surface area contributed by atoms with Crippen molar-refractivity contribution in [3.8, 4) is 0 Å². The van der Waals surface area contributed by atoms with E-state index in [4.69, 9.17) is 22.1 Å². The number of thiocarbonyl (C=S) groups is 1. The van der Waals surface area contributed by atoms with Crippen molar-refractivity contribution in [3.05, 3.63) is 0 Å². The largest absolute Gasteiger partial charge is 0.466 e. The molecule has 0 aromatic carbocycles. The van der Waals surface area contributed by atoms with E-state index in [0.717, 1.165) is 0 Å². The molecule has 2 aliphatic heterocycles. The van der Waals surface area contributed by atoms with Gasteiger partial charge in [0.1, 0.15) is 0 Å². The number of esters is 1. The first-order chi connectivity index (χ1) is 10.3. The summed E-state index contributed by atoms with van der Waals surface area (Å²) in [5.41, 5.74) is -0.652. The zero-order valence-electron chi connectivity index (χ0n) is 13.2. The van der Waals surface area contributed by atoms with E-state index in [1.54, 1.807) is 6.92 Å². The molecule has 1 atom stereocenters. The average molecular weight is 329 g/mol. The minimum Gasteiger partial charge on any atom is -0.466 e. The Kier molecular flexibility index (Phi) is 4.79. The van der Waals surface area contributed by atoms with E-state index >= 15 is 0 Å². The van der Waals surface area contributed by atoms with Crippen LogP contribution in [-0.4, -0.2) is 82.4 Å². The molecule has 0 radical (unpaired) electrons. The molecule has 0 bridgehead atoms. The fourth-order valence-corrected chi connectivity index (χ4v) is 3.33. The van der Waals surface area contributed by atoms with Gasteiger partial charge in [-0.1, -0.05) is 0 Å². The number of hydrogen-bond acceptors (Lipinski definition) is 4. The number of hydrogen-bond donors (Lipinski definition) is 1. The third-order valence-electron chi connectivity index (χ3n) is 4.11. The summed E-state index contributed by atoms with van der Waals surface area (Å²) in [6, 6.07) is 0.0651. The maximum atomic E-state index is 12.0. The molecule has 1 amide bonds. The van der Waals surface area contributed by atoms with Gasteiger partial charge in [0, 0.05) is 32.7 Å². The van der Waals surface area contributed by atoms with Crippen LogP contribution >= 0.6 is 12.2 Å². The van der Waals surface area contributed by atoms with Crippen molar-refractivity contribution in [2.45, 2.75) is 26.8 Å². The highest BCUT2D eigenvalue weighted by molar-refractivity contribution is 7.80. The monoisotopic (exact) mass is 329 g/mol. The number of fused-ring (bicyclic) bond motifs is 1. The van der Waals surface area contributed by atoms with Gasteiger partial charge in [-0.15, -0.1) is 0 Å².